The first-order chi connectivity index (χ1) is 14.6. The summed E-state index contributed by atoms with van der Waals surface area (Å²) in [6.07, 6.45) is -3.00. The highest BCUT2D eigenvalue weighted by Gasteiger charge is 2.43. The molecule has 0 atom stereocenters. The average Bonchev–Trinajstić information content (AvgIpc) is 3.31. The minimum atomic E-state index is -4.75. The average molecular weight is 447 g/mol. The Balaban J connectivity index is 1.53. The van der Waals surface area contributed by atoms with Gasteiger partial charge in [0.1, 0.15) is 10.8 Å². The van der Waals surface area contributed by atoms with Crippen molar-refractivity contribution in [1.82, 2.24) is 9.88 Å². The number of halogens is 3. The molecule has 1 saturated heterocycles. The van der Waals surface area contributed by atoms with Crippen LogP contribution in [0.2, 0.25) is 0 Å². The molecule has 5 nitrogen and oxygen atoms in total. The molecule has 3 aromatic rings. The summed E-state index contributed by atoms with van der Waals surface area (Å²) in [6.45, 7) is 4.77. The molecule has 9 heteroatoms. The van der Waals surface area contributed by atoms with E-state index in [1.54, 1.807) is 27.3 Å². The van der Waals surface area contributed by atoms with Crippen LogP contribution in [0.25, 0.3) is 10.6 Å². The van der Waals surface area contributed by atoms with Gasteiger partial charge in [0.05, 0.1) is 12.1 Å². The van der Waals surface area contributed by atoms with Crippen molar-refractivity contribution in [2.75, 3.05) is 11.4 Å². The molecule has 0 bridgehead atoms. The number of anilines is 1. The minimum absolute atomic E-state index is 0.200. The molecule has 1 aliphatic heterocycles. The van der Waals surface area contributed by atoms with Gasteiger partial charge in [0.25, 0.3) is 0 Å². The van der Waals surface area contributed by atoms with E-state index in [1.165, 1.54) is 24.3 Å². The van der Waals surface area contributed by atoms with E-state index < -0.39 is 11.9 Å². The Morgan fingerprint density at radius 3 is 2.55 bits per heavy atom. The molecule has 0 radical (unpaired) electrons. The molecule has 0 aliphatic carbocycles. The number of carbonyl (C=O) groups is 1. The van der Waals surface area contributed by atoms with Crippen LogP contribution in [0.3, 0.4) is 0 Å². The van der Waals surface area contributed by atoms with E-state index >= 15 is 0 Å². The second kappa shape index (κ2) is 7.88. The zero-order chi connectivity index (χ0) is 22.2. The van der Waals surface area contributed by atoms with Gasteiger partial charge in [-0.3, -0.25) is 4.90 Å². The summed E-state index contributed by atoms with van der Waals surface area (Å²) < 4.78 is 41.1. The van der Waals surface area contributed by atoms with E-state index in [0.717, 1.165) is 16.1 Å². The fourth-order valence-electron chi connectivity index (χ4n) is 3.61. The van der Waals surface area contributed by atoms with Crippen LogP contribution in [-0.2, 0) is 6.54 Å². The Hall–Kier alpha value is -3.07. The van der Waals surface area contributed by atoms with Crippen LogP contribution < -0.4 is 9.64 Å². The lowest BCUT2D eigenvalue weighted by Crippen LogP contribution is -2.41. The second-order valence-corrected chi connectivity index (χ2v) is 8.74. The van der Waals surface area contributed by atoms with E-state index in [1.807, 2.05) is 43.5 Å². The maximum absolute atomic E-state index is 13.2. The van der Waals surface area contributed by atoms with E-state index in [4.69, 9.17) is 0 Å². The highest BCUT2D eigenvalue weighted by molar-refractivity contribution is 7.13. The number of hydrogen-bond acceptors (Lipinski definition) is 4. The summed E-state index contributed by atoms with van der Waals surface area (Å²) in [4.78, 5) is 20.9. The van der Waals surface area contributed by atoms with Crippen LogP contribution in [0.15, 0.2) is 60.1 Å². The number of aromatic nitrogens is 1. The lowest BCUT2D eigenvalue weighted by atomic mass is 10.0. The monoisotopic (exact) mass is 447 g/mol. The van der Waals surface area contributed by atoms with E-state index in [0.29, 0.717) is 18.8 Å². The van der Waals surface area contributed by atoms with Crippen molar-refractivity contribution >= 4 is 23.1 Å². The lowest BCUT2D eigenvalue weighted by molar-refractivity contribution is -0.274. The van der Waals surface area contributed by atoms with E-state index in [9.17, 15) is 18.0 Å². The van der Waals surface area contributed by atoms with Gasteiger partial charge in [-0.25, -0.2) is 9.78 Å². The van der Waals surface area contributed by atoms with Gasteiger partial charge in [-0.1, -0.05) is 18.2 Å². The highest BCUT2D eigenvalue weighted by atomic mass is 32.1. The predicted octanol–water partition coefficient (Wildman–Crippen LogP) is 5.93. The molecule has 162 valence electrons. The summed E-state index contributed by atoms with van der Waals surface area (Å²) in [5, 5.41) is 2.83. The Morgan fingerprint density at radius 1 is 1.16 bits per heavy atom. The van der Waals surface area contributed by atoms with Crippen LogP contribution in [0.4, 0.5) is 23.7 Å². The van der Waals surface area contributed by atoms with Crippen molar-refractivity contribution in [3.63, 3.8) is 0 Å². The summed E-state index contributed by atoms with van der Waals surface area (Å²) in [5.74, 6) is -0.321. The molecule has 0 N–H and O–H groups in total. The molecule has 1 aromatic heterocycles. The number of thiazole rings is 1. The summed E-state index contributed by atoms with van der Waals surface area (Å²) in [7, 11) is 0. The SMILES string of the molecule is CC1(C)CN(c2ccc(OC(F)(F)F)cc2)C(=O)N1Cc1cccc(-c2nccs2)c1. The fraction of sp³-hybridized carbons (Fsp3) is 0.273. The van der Waals surface area contributed by atoms with Gasteiger partial charge in [0, 0.05) is 29.4 Å². The predicted molar refractivity (Wildman–Crippen MR) is 113 cm³/mol. The largest absolute Gasteiger partial charge is 0.573 e. The van der Waals surface area contributed by atoms with Crippen LogP contribution in [0, 0.1) is 0 Å². The Morgan fingerprint density at radius 2 is 1.90 bits per heavy atom. The Labute approximate surface area is 181 Å². The standard InChI is InChI=1S/C22H20F3N3O2S/c1-21(2)14-27(17-6-8-18(9-7-17)30-22(23,24)25)20(29)28(21)13-15-4-3-5-16(12-15)19-26-10-11-31-19/h3-12H,13-14H2,1-2H3. The number of benzene rings is 2. The number of ether oxygens (including phenoxy) is 1. The van der Waals surface area contributed by atoms with Gasteiger partial charge < -0.3 is 9.64 Å². The molecule has 4 rings (SSSR count). The first kappa shape index (κ1) is 21.2. The second-order valence-electron chi connectivity index (χ2n) is 7.85. The van der Waals surface area contributed by atoms with Crippen molar-refractivity contribution in [2.45, 2.75) is 32.3 Å². The number of urea groups is 1. The molecule has 2 heterocycles. The van der Waals surface area contributed by atoms with Crippen LogP contribution in [0.1, 0.15) is 19.4 Å². The molecule has 0 unspecified atom stereocenters. The van der Waals surface area contributed by atoms with Gasteiger partial charge in [-0.2, -0.15) is 0 Å². The number of alkyl halides is 3. The first-order valence-corrected chi connectivity index (χ1v) is 10.4. The topological polar surface area (TPSA) is 45.7 Å². The lowest BCUT2D eigenvalue weighted by Gasteiger charge is -2.29. The maximum Gasteiger partial charge on any atom is 0.573 e. The van der Waals surface area contributed by atoms with Crippen molar-refractivity contribution in [2.24, 2.45) is 0 Å². The molecule has 0 saturated carbocycles. The Kier molecular flexibility index (Phi) is 5.38. The van der Waals surface area contributed by atoms with Crippen molar-refractivity contribution in [1.29, 1.82) is 0 Å². The molecule has 2 amide bonds. The van der Waals surface area contributed by atoms with Crippen molar-refractivity contribution in [3.05, 3.63) is 65.7 Å². The number of hydrogen-bond donors (Lipinski definition) is 0. The number of amides is 2. The third kappa shape index (κ3) is 4.66. The maximum atomic E-state index is 13.2. The summed E-state index contributed by atoms with van der Waals surface area (Å²) >= 11 is 1.55. The zero-order valence-electron chi connectivity index (χ0n) is 16.9. The fourth-order valence-corrected chi connectivity index (χ4v) is 4.24. The third-order valence-electron chi connectivity index (χ3n) is 5.07. The molecular formula is C22H20F3N3O2S. The normalized spacial score (nSPS) is 16.1. The van der Waals surface area contributed by atoms with Crippen LogP contribution in [-0.4, -0.2) is 34.4 Å². The van der Waals surface area contributed by atoms with Gasteiger partial charge in [-0.15, -0.1) is 24.5 Å². The van der Waals surface area contributed by atoms with Gasteiger partial charge >= 0.3 is 12.4 Å². The highest BCUT2D eigenvalue weighted by Crippen LogP contribution is 2.34. The molecule has 1 aliphatic rings. The van der Waals surface area contributed by atoms with E-state index in [-0.39, 0.29) is 11.8 Å². The summed E-state index contributed by atoms with van der Waals surface area (Å²) in [5.41, 5.74) is 2.03. The number of carbonyl (C=O) groups excluding carboxylic acids is 1. The van der Waals surface area contributed by atoms with Crippen molar-refractivity contribution in [3.8, 4) is 16.3 Å². The first-order valence-electron chi connectivity index (χ1n) is 9.56. The van der Waals surface area contributed by atoms with Gasteiger partial charge in [-0.05, 0) is 49.7 Å². The number of rotatable bonds is 5. The molecule has 31 heavy (non-hydrogen) atoms. The quantitative estimate of drug-likeness (QED) is 0.487. The Bertz CT molecular complexity index is 1070. The summed E-state index contributed by atoms with van der Waals surface area (Å²) in [6, 6.07) is 13.1. The number of nitrogens with zero attached hydrogens (tertiary/aromatic N) is 3. The molecule has 1 fully saturated rings. The van der Waals surface area contributed by atoms with Crippen LogP contribution in [0.5, 0.6) is 5.75 Å². The van der Waals surface area contributed by atoms with Gasteiger partial charge in [0.2, 0.25) is 0 Å². The third-order valence-corrected chi connectivity index (χ3v) is 5.89. The molecular weight excluding hydrogens is 427 g/mol. The zero-order valence-corrected chi connectivity index (χ0v) is 17.7. The van der Waals surface area contributed by atoms with E-state index in [2.05, 4.69) is 9.72 Å². The molecule has 0 spiro atoms. The van der Waals surface area contributed by atoms with Gasteiger partial charge in [0.15, 0.2) is 0 Å². The molecule has 2 aromatic carbocycles. The minimum Gasteiger partial charge on any atom is -0.406 e. The van der Waals surface area contributed by atoms with Crippen molar-refractivity contribution < 1.29 is 22.7 Å². The smallest absolute Gasteiger partial charge is 0.406 e. The van der Waals surface area contributed by atoms with Crippen LogP contribution >= 0.6 is 11.3 Å².